The highest BCUT2D eigenvalue weighted by atomic mass is 32.1. The van der Waals surface area contributed by atoms with E-state index in [1.165, 1.54) is 24.3 Å². The van der Waals surface area contributed by atoms with Crippen molar-refractivity contribution in [3.05, 3.63) is 58.9 Å². The highest BCUT2D eigenvalue weighted by Gasteiger charge is 2.18. The third-order valence-electron chi connectivity index (χ3n) is 5.52. The third-order valence-corrected chi connectivity index (χ3v) is 6.46. The summed E-state index contributed by atoms with van der Waals surface area (Å²) in [6.07, 6.45) is 0.950. The van der Waals surface area contributed by atoms with Crippen LogP contribution in [0.4, 0.5) is 4.39 Å². The minimum atomic E-state index is -0.518. The number of aryl methyl sites for hydroxylation is 1. The van der Waals surface area contributed by atoms with Crippen LogP contribution in [0.2, 0.25) is 0 Å². The Hall–Kier alpha value is -2.88. The van der Waals surface area contributed by atoms with Gasteiger partial charge in [-0.05, 0) is 49.7 Å². The number of benzene rings is 2. The average Bonchev–Trinajstić information content (AvgIpc) is 3.17. The van der Waals surface area contributed by atoms with Crippen LogP contribution in [-0.4, -0.2) is 72.4 Å². The van der Waals surface area contributed by atoms with Crippen molar-refractivity contribution in [2.24, 2.45) is 10.7 Å². The van der Waals surface area contributed by atoms with Crippen molar-refractivity contribution >= 4 is 33.3 Å². The molecule has 1 saturated heterocycles. The number of nitrogens with two attached hydrogens (primary N) is 1. The van der Waals surface area contributed by atoms with Crippen molar-refractivity contribution in [2.75, 3.05) is 45.9 Å². The second kappa shape index (κ2) is 10.8. The van der Waals surface area contributed by atoms with E-state index in [0.717, 1.165) is 60.1 Å². The van der Waals surface area contributed by atoms with E-state index < -0.39 is 11.7 Å². The molecule has 0 bridgehead atoms. The Morgan fingerprint density at radius 3 is 2.76 bits per heavy atom. The number of hydrogen-bond acceptors (Lipinski definition) is 6. The van der Waals surface area contributed by atoms with Gasteiger partial charge in [-0.1, -0.05) is 6.07 Å². The van der Waals surface area contributed by atoms with Gasteiger partial charge in [-0.2, -0.15) is 4.99 Å². The molecule has 0 atom stereocenters. The van der Waals surface area contributed by atoms with Crippen LogP contribution < -0.4 is 10.5 Å². The zero-order valence-corrected chi connectivity index (χ0v) is 19.5. The number of thiazole rings is 1. The van der Waals surface area contributed by atoms with Gasteiger partial charge in [-0.25, -0.2) is 9.37 Å². The lowest BCUT2D eigenvalue weighted by atomic mass is 10.2. The maximum atomic E-state index is 13.3. The van der Waals surface area contributed by atoms with E-state index >= 15 is 0 Å². The lowest BCUT2D eigenvalue weighted by Gasteiger charge is -2.34. The Kier molecular flexibility index (Phi) is 7.64. The third kappa shape index (κ3) is 6.56. The van der Waals surface area contributed by atoms with Crippen LogP contribution in [0, 0.1) is 12.7 Å². The van der Waals surface area contributed by atoms with Crippen molar-refractivity contribution in [1.82, 2.24) is 14.8 Å². The highest BCUT2D eigenvalue weighted by Crippen LogP contribution is 2.26. The molecule has 1 aromatic heterocycles. The van der Waals surface area contributed by atoms with E-state index in [1.54, 1.807) is 11.3 Å². The predicted octanol–water partition coefficient (Wildman–Crippen LogP) is 3.33. The molecule has 33 heavy (non-hydrogen) atoms. The SMILES string of the molecule is Cc1nc2ccc(OCCCN3CCN(CC(N)=NC(=O)c4cccc(F)c4)CC3)cc2s1. The van der Waals surface area contributed by atoms with Crippen LogP contribution in [-0.2, 0) is 0 Å². The maximum absolute atomic E-state index is 13.3. The number of carbonyl (C=O) groups excluding carboxylic acids is 1. The summed E-state index contributed by atoms with van der Waals surface area (Å²) in [5.41, 5.74) is 7.19. The summed E-state index contributed by atoms with van der Waals surface area (Å²) in [4.78, 5) is 25.1. The molecule has 1 aliphatic rings. The largest absolute Gasteiger partial charge is 0.493 e. The maximum Gasteiger partial charge on any atom is 0.278 e. The van der Waals surface area contributed by atoms with E-state index in [4.69, 9.17) is 10.5 Å². The van der Waals surface area contributed by atoms with E-state index in [1.807, 2.05) is 19.1 Å². The van der Waals surface area contributed by atoms with E-state index in [0.29, 0.717) is 13.2 Å². The fourth-order valence-corrected chi connectivity index (χ4v) is 4.70. The van der Waals surface area contributed by atoms with Gasteiger partial charge >= 0.3 is 0 Å². The van der Waals surface area contributed by atoms with Gasteiger partial charge in [0, 0.05) is 38.3 Å². The first-order valence-corrected chi connectivity index (χ1v) is 11.9. The number of nitrogens with zero attached hydrogens (tertiary/aromatic N) is 4. The monoisotopic (exact) mass is 469 g/mol. The van der Waals surface area contributed by atoms with E-state index in [2.05, 4.69) is 25.8 Å². The molecule has 2 aromatic carbocycles. The lowest BCUT2D eigenvalue weighted by Crippen LogP contribution is -2.49. The molecule has 4 rings (SSSR count). The molecule has 0 spiro atoms. The molecule has 0 aliphatic carbocycles. The zero-order valence-electron chi connectivity index (χ0n) is 18.7. The Bertz CT molecular complexity index is 1140. The van der Waals surface area contributed by atoms with Crippen molar-refractivity contribution < 1.29 is 13.9 Å². The summed E-state index contributed by atoms with van der Waals surface area (Å²) in [5, 5.41) is 1.06. The summed E-state index contributed by atoms with van der Waals surface area (Å²) in [7, 11) is 0. The number of amides is 1. The fraction of sp³-hybridized carbons (Fsp3) is 0.375. The number of ether oxygens (including phenoxy) is 1. The van der Waals surface area contributed by atoms with Gasteiger partial charge in [0.1, 0.15) is 17.4 Å². The summed E-state index contributed by atoms with van der Waals surface area (Å²) in [5.74, 6) is 0.153. The van der Waals surface area contributed by atoms with Gasteiger partial charge < -0.3 is 15.4 Å². The fourth-order valence-electron chi connectivity index (χ4n) is 3.84. The number of amidine groups is 1. The number of piperazine rings is 1. The second-order valence-corrected chi connectivity index (χ2v) is 9.34. The van der Waals surface area contributed by atoms with Crippen LogP contribution in [0.5, 0.6) is 5.75 Å². The summed E-state index contributed by atoms with van der Waals surface area (Å²) in [6, 6.07) is 11.5. The molecule has 7 nitrogen and oxygen atoms in total. The number of carbonyl (C=O) groups is 1. The first kappa shape index (κ1) is 23.3. The second-order valence-electron chi connectivity index (χ2n) is 8.10. The standard InChI is InChI=1S/C24H28FN5O2S/c1-17-27-21-7-6-20(15-22(21)33-17)32-13-3-8-29-9-11-30(12-10-29)16-23(26)28-24(31)18-4-2-5-19(25)14-18/h2,4-7,14-15H,3,8-13,16H2,1H3,(H2,26,28,31). The molecule has 2 heterocycles. The predicted molar refractivity (Wildman–Crippen MR) is 130 cm³/mol. The van der Waals surface area contributed by atoms with Crippen LogP contribution in [0.25, 0.3) is 10.2 Å². The zero-order chi connectivity index (χ0) is 23.2. The molecule has 2 N–H and O–H groups in total. The van der Waals surface area contributed by atoms with Crippen molar-refractivity contribution in [3.8, 4) is 5.75 Å². The molecular formula is C24H28FN5O2S. The van der Waals surface area contributed by atoms with Crippen LogP contribution >= 0.6 is 11.3 Å². The lowest BCUT2D eigenvalue weighted by molar-refractivity contribution is 0.100. The minimum absolute atomic E-state index is 0.201. The Labute approximate surface area is 196 Å². The Morgan fingerprint density at radius 1 is 1.18 bits per heavy atom. The van der Waals surface area contributed by atoms with Crippen LogP contribution in [0.3, 0.4) is 0 Å². The number of fused-ring (bicyclic) bond motifs is 1. The topological polar surface area (TPSA) is 84.1 Å². The molecule has 0 saturated carbocycles. The number of hydrogen-bond donors (Lipinski definition) is 1. The van der Waals surface area contributed by atoms with Crippen molar-refractivity contribution in [2.45, 2.75) is 13.3 Å². The number of halogens is 1. The number of rotatable bonds is 8. The minimum Gasteiger partial charge on any atom is -0.493 e. The molecular weight excluding hydrogens is 441 g/mol. The number of aromatic nitrogens is 1. The van der Waals surface area contributed by atoms with Crippen molar-refractivity contribution in [3.63, 3.8) is 0 Å². The number of aliphatic imine (C=N–C) groups is 1. The molecule has 1 aliphatic heterocycles. The highest BCUT2D eigenvalue weighted by molar-refractivity contribution is 7.18. The Morgan fingerprint density at radius 2 is 1.97 bits per heavy atom. The summed E-state index contributed by atoms with van der Waals surface area (Å²) < 4.78 is 20.4. The molecule has 1 amide bonds. The van der Waals surface area contributed by atoms with E-state index in [9.17, 15) is 9.18 Å². The molecule has 9 heteroatoms. The van der Waals surface area contributed by atoms with Gasteiger partial charge in [0.15, 0.2) is 0 Å². The normalized spacial score (nSPS) is 15.8. The molecule has 3 aromatic rings. The molecule has 174 valence electrons. The van der Waals surface area contributed by atoms with E-state index in [-0.39, 0.29) is 11.4 Å². The molecule has 0 radical (unpaired) electrons. The average molecular weight is 470 g/mol. The first-order valence-electron chi connectivity index (χ1n) is 11.0. The van der Waals surface area contributed by atoms with Gasteiger partial charge in [-0.15, -0.1) is 11.3 Å². The van der Waals surface area contributed by atoms with Gasteiger partial charge in [0.2, 0.25) is 0 Å². The smallest absolute Gasteiger partial charge is 0.278 e. The quantitative estimate of drug-likeness (QED) is 0.310. The van der Waals surface area contributed by atoms with Gasteiger partial charge in [0.05, 0.1) is 28.4 Å². The Balaban J connectivity index is 1.15. The molecule has 1 fully saturated rings. The van der Waals surface area contributed by atoms with Gasteiger partial charge in [-0.3, -0.25) is 9.69 Å². The summed E-state index contributed by atoms with van der Waals surface area (Å²) in [6.45, 7) is 7.65. The van der Waals surface area contributed by atoms with Gasteiger partial charge in [0.25, 0.3) is 5.91 Å². The summed E-state index contributed by atoms with van der Waals surface area (Å²) >= 11 is 1.68. The van der Waals surface area contributed by atoms with Crippen LogP contribution in [0.15, 0.2) is 47.5 Å². The van der Waals surface area contributed by atoms with Crippen LogP contribution in [0.1, 0.15) is 21.8 Å². The van der Waals surface area contributed by atoms with Crippen molar-refractivity contribution in [1.29, 1.82) is 0 Å². The first-order chi connectivity index (χ1) is 16.0. The molecule has 0 unspecified atom stereocenters.